The van der Waals surface area contributed by atoms with Crippen LogP contribution >= 0.6 is 11.6 Å². The molecule has 1 saturated heterocycles. The Kier molecular flexibility index (Phi) is 4.28. The molecule has 0 N–H and O–H groups in total. The van der Waals surface area contributed by atoms with Gasteiger partial charge >= 0.3 is 0 Å². The van der Waals surface area contributed by atoms with Crippen LogP contribution in [-0.4, -0.2) is 29.8 Å². The lowest BCUT2D eigenvalue weighted by molar-refractivity contribution is 0.0697. The first-order valence-corrected chi connectivity index (χ1v) is 7.08. The van der Waals surface area contributed by atoms with Gasteiger partial charge in [-0.3, -0.25) is 4.79 Å². The number of halogens is 1. The molecule has 0 atom stereocenters. The Bertz CT molecular complexity index is 436. The lowest BCUT2D eigenvalue weighted by Crippen LogP contribution is -2.39. The van der Waals surface area contributed by atoms with Crippen LogP contribution in [0, 0.1) is 19.8 Å². The predicted octanol–water partition coefficient (Wildman–Crippen LogP) is 3.39. The number of hydrogen-bond donors (Lipinski definition) is 0. The maximum Gasteiger partial charge on any atom is 0.254 e. The Balaban J connectivity index is 2.10. The maximum absolute atomic E-state index is 12.5. The molecule has 1 aromatic rings. The lowest BCUT2D eigenvalue weighted by atomic mass is 9.97. The minimum Gasteiger partial charge on any atom is -0.339 e. The zero-order valence-corrected chi connectivity index (χ0v) is 11.8. The van der Waals surface area contributed by atoms with Gasteiger partial charge in [0.2, 0.25) is 0 Å². The standard InChI is InChI=1S/C15H20ClNO/c1-11-4-3-5-14(12(11)2)15(18)17-8-6-13(10-16)7-9-17/h3-5,13H,6-10H2,1-2H3. The van der Waals surface area contributed by atoms with Crippen LogP contribution in [0.2, 0.25) is 0 Å². The van der Waals surface area contributed by atoms with Crippen molar-refractivity contribution in [3.63, 3.8) is 0 Å². The van der Waals surface area contributed by atoms with Gasteiger partial charge in [0.05, 0.1) is 0 Å². The summed E-state index contributed by atoms with van der Waals surface area (Å²) in [6.45, 7) is 5.74. The Morgan fingerprint density at radius 3 is 2.61 bits per heavy atom. The highest BCUT2D eigenvalue weighted by Gasteiger charge is 2.24. The van der Waals surface area contributed by atoms with Gasteiger partial charge in [0, 0.05) is 24.5 Å². The highest BCUT2D eigenvalue weighted by Crippen LogP contribution is 2.21. The molecule has 2 nitrogen and oxygen atoms in total. The van der Waals surface area contributed by atoms with E-state index in [4.69, 9.17) is 11.6 Å². The lowest BCUT2D eigenvalue weighted by Gasteiger charge is -2.31. The van der Waals surface area contributed by atoms with Crippen LogP contribution in [0.5, 0.6) is 0 Å². The summed E-state index contributed by atoms with van der Waals surface area (Å²) in [5.41, 5.74) is 3.12. The summed E-state index contributed by atoms with van der Waals surface area (Å²) in [5.74, 6) is 1.46. The maximum atomic E-state index is 12.5. The molecule has 1 aliphatic rings. The Hall–Kier alpha value is -1.02. The average Bonchev–Trinajstić information content (AvgIpc) is 2.41. The molecule has 18 heavy (non-hydrogen) atoms. The van der Waals surface area contributed by atoms with Gasteiger partial charge in [-0.05, 0) is 49.8 Å². The van der Waals surface area contributed by atoms with Crippen molar-refractivity contribution >= 4 is 17.5 Å². The monoisotopic (exact) mass is 265 g/mol. The van der Waals surface area contributed by atoms with Crippen molar-refractivity contribution in [2.45, 2.75) is 26.7 Å². The molecule has 1 heterocycles. The first kappa shape index (κ1) is 13.4. The zero-order valence-electron chi connectivity index (χ0n) is 11.1. The largest absolute Gasteiger partial charge is 0.339 e. The van der Waals surface area contributed by atoms with Crippen LogP contribution in [0.1, 0.15) is 34.3 Å². The number of carbonyl (C=O) groups is 1. The minimum atomic E-state index is 0.171. The van der Waals surface area contributed by atoms with Crippen LogP contribution < -0.4 is 0 Å². The summed E-state index contributed by atoms with van der Waals surface area (Å²) in [7, 11) is 0. The molecule has 3 heteroatoms. The van der Waals surface area contributed by atoms with Gasteiger partial charge in [-0.15, -0.1) is 11.6 Å². The second kappa shape index (κ2) is 5.75. The number of amides is 1. The van der Waals surface area contributed by atoms with Crippen LogP contribution in [0.4, 0.5) is 0 Å². The molecule has 0 aliphatic carbocycles. The number of hydrogen-bond acceptors (Lipinski definition) is 1. The Labute approximate surface area is 114 Å². The van der Waals surface area contributed by atoms with Gasteiger partial charge in [0.25, 0.3) is 5.91 Å². The van der Waals surface area contributed by atoms with Crippen molar-refractivity contribution in [3.05, 3.63) is 34.9 Å². The van der Waals surface area contributed by atoms with Crippen molar-refractivity contribution in [2.75, 3.05) is 19.0 Å². The Morgan fingerprint density at radius 2 is 2.00 bits per heavy atom. The SMILES string of the molecule is Cc1cccc(C(=O)N2CCC(CCl)CC2)c1C. The van der Waals surface area contributed by atoms with Gasteiger partial charge in [-0.2, -0.15) is 0 Å². The topological polar surface area (TPSA) is 20.3 Å². The second-order valence-electron chi connectivity index (χ2n) is 5.14. The molecule has 0 radical (unpaired) electrons. The summed E-state index contributed by atoms with van der Waals surface area (Å²) >= 11 is 5.87. The molecular weight excluding hydrogens is 246 g/mol. The number of nitrogens with zero attached hydrogens (tertiary/aromatic N) is 1. The molecule has 0 spiro atoms. The van der Waals surface area contributed by atoms with Crippen molar-refractivity contribution in [1.82, 2.24) is 4.90 Å². The molecule has 1 amide bonds. The van der Waals surface area contributed by atoms with Gasteiger partial charge in [-0.25, -0.2) is 0 Å². The van der Waals surface area contributed by atoms with E-state index < -0.39 is 0 Å². The van der Waals surface area contributed by atoms with E-state index in [1.807, 2.05) is 36.9 Å². The molecule has 2 rings (SSSR count). The first-order chi connectivity index (χ1) is 8.63. The first-order valence-electron chi connectivity index (χ1n) is 6.55. The normalized spacial score (nSPS) is 16.9. The predicted molar refractivity (Wildman–Crippen MR) is 75.3 cm³/mol. The second-order valence-corrected chi connectivity index (χ2v) is 5.45. The van der Waals surface area contributed by atoms with Gasteiger partial charge in [0.1, 0.15) is 0 Å². The third-order valence-corrected chi connectivity index (χ3v) is 4.39. The number of aryl methyl sites for hydroxylation is 1. The number of benzene rings is 1. The molecule has 0 bridgehead atoms. The van der Waals surface area contributed by atoms with Crippen LogP contribution in [0.3, 0.4) is 0 Å². The molecule has 1 aromatic carbocycles. The van der Waals surface area contributed by atoms with E-state index in [1.165, 1.54) is 5.56 Å². The fraction of sp³-hybridized carbons (Fsp3) is 0.533. The third kappa shape index (κ3) is 2.69. The summed E-state index contributed by atoms with van der Waals surface area (Å²) in [5, 5.41) is 0. The van der Waals surface area contributed by atoms with E-state index in [0.29, 0.717) is 11.8 Å². The molecular formula is C15H20ClNO. The van der Waals surface area contributed by atoms with Crippen molar-refractivity contribution in [2.24, 2.45) is 5.92 Å². The van der Waals surface area contributed by atoms with E-state index in [-0.39, 0.29) is 5.91 Å². The van der Waals surface area contributed by atoms with E-state index in [9.17, 15) is 4.79 Å². The van der Waals surface area contributed by atoms with Gasteiger partial charge < -0.3 is 4.90 Å². The molecule has 0 unspecified atom stereocenters. The molecule has 98 valence electrons. The highest BCUT2D eigenvalue weighted by molar-refractivity contribution is 6.18. The quantitative estimate of drug-likeness (QED) is 0.751. The summed E-state index contributed by atoms with van der Waals surface area (Å²) in [6.07, 6.45) is 2.06. The van der Waals surface area contributed by atoms with Crippen LogP contribution in [0.25, 0.3) is 0 Å². The number of piperidine rings is 1. The number of carbonyl (C=O) groups excluding carboxylic acids is 1. The van der Waals surface area contributed by atoms with E-state index in [1.54, 1.807) is 0 Å². The number of likely N-dealkylation sites (tertiary alicyclic amines) is 1. The van der Waals surface area contributed by atoms with E-state index in [0.717, 1.165) is 37.1 Å². The summed E-state index contributed by atoms with van der Waals surface area (Å²) in [4.78, 5) is 14.4. The van der Waals surface area contributed by atoms with E-state index >= 15 is 0 Å². The zero-order chi connectivity index (χ0) is 13.1. The number of rotatable bonds is 2. The number of alkyl halides is 1. The molecule has 1 aliphatic heterocycles. The molecule has 0 saturated carbocycles. The minimum absolute atomic E-state index is 0.171. The van der Waals surface area contributed by atoms with E-state index in [2.05, 4.69) is 0 Å². The third-order valence-electron chi connectivity index (χ3n) is 3.95. The van der Waals surface area contributed by atoms with Crippen LogP contribution in [0.15, 0.2) is 18.2 Å². The Morgan fingerprint density at radius 1 is 1.33 bits per heavy atom. The fourth-order valence-corrected chi connectivity index (χ4v) is 2.75. The highest BCUT2D eigenvalue weighted by atomic mass is 35.5. The van der Waals surface area contributed by atoms with Crippen molar-refractivity contribution in [3.8, 4) is 0 Å². The fourth-order valence-electron chi connectivity index (χ4n) is 2.44. The van der Waals surface area contributed by atoms with Gasteiger partial charge in [0.15, 0.2) is 0 Å². The molecule has 0 aromatic heterocycles. The summed E-state index contributed by atoms with van der Waals surface area (Å²) in [6, 6.07) is 5.94. The molecule has 1 fully saturated rings. The smallest absolute Gasteiger partial charge is 0.254 e. The average molecular weight is 266 g/mol. The van der Waals surface area contributed by atoms with Crippen LogP contribution in [-0.2, 0) is 0 Å². The van der Waals surface area contributed by atoms with Crippen molar-refractivity contribution < 1.29 is 4.79 Å². The van der Waals surface area contributed by atoms with Gasteiger partial charge in [-0.1, -0.05) is 12.1 Å². The van der Waals surface area contributed by atoms with Crippen molar-refractivity contribution in [1.29, 1.82) is 0 Å². The summed E-state index contributed by atoms with van der Waals surface area (Å²) < 4.78 is 0.